The number of aromatic nitrogens is 1. The second-order valence-corrected chi connectivity index (χ2v) is 9.46. The van der Waals surface area contributed by atoms with Crippen molar-refractivity contribution in [2.75, 3.05) is 0 Å². The summed E-state index contributed by atoms with van der Waals surface area (Å²) in [5, 5.41) is 9.09. The molecule has 4 heteroatoms. The molecule has 142 valence electrons. The molecule has 2 aromatic rings. The van der Waals surface area contributed by atoms with Gasteiger partial charge in [-0.2, -0.15) is 0 Å². The number of pyridine rings is 1. The summed E-state index contributed by atoms with van der Waals surface area (Å²) in [5.74, 6) is -1.16. The molecule has 1 aromatic carbocycles. The van der Waals surface area contributed by atoms with E-state index in [4.69, 9.17) is 5.11 Å². The smallest absolute Gasteiger partial charge is 0.337 e. The predicted octanol–water partition coefficient (Wildman–Crippen LogP) is 5.35. The van der Waals surface area contributed by atoms with E-state index in [2.05, 4.69) is 38.7 Å². The van der Waals surface area contributed by atoms with Gasteiger partial charge >= 0.3 is 5.97 Å². The third-order valence-electron chi connectivity index (χ3n) is 6.71. The summed E-state index contributed by atoms with van der Waals surface area (Å²) in [6.45, 7) is 8.86. The molecule has 1 aromatic heterocycles. The van der Waals surface area contributed by atoms with Gasteiger partial charge in [-0.25, -0.2) is 9.18 Å². The summed E-state index contributed by atoms with van der Waals surface area (Å²) in [4.78, 5) is 15.5. The first kappa shape index (κ1) is 18.1. The highest BCUT2D eigenvalue weighted by Gasteiger charge is 2.50. The van der Waals surface area contributed by atoms with Crippen LogP contribution in [-0.4, -0.2) is 16.1 Å². The van der Waals surface area contributed by atoms with Gasteiger partial charge in [0, 0.05) is 17.2 Å². The molecule has 0 spiro atoms. The van der Waals surface area contributed by atoms with Crippen molar-refractivity contribution >= 4 is 5.97 Å². The van der Waals surface area contributed by atoms with Gasteiger partial charge in [-0.3, -0.25) is 4.98 Å². The summed E-state index contributed by atoms with van der Waals surface area (Å²) in [6.07, 6.45) is 5.19. The van der Waals surface area contributed by atoms with Crippen molar-refractivity contribution in [2.45, 2.75) is 69.6 Å². The normalized spacial score (nSPS) is 21.4. The quantitative estimate of drug-likeness (QED) is 0.796. The first-order valence-electron chi connectivity index (χ1n) is 9.62. The molecule has 4 rings (SSSR count). The van der Waals surface area contributed by atoms with Gasteiger partial charge < -0.3 is 5.11 Å². The Morgan fingerprint density at radius 1 is 0.963 bits per heavy atom. The number of nitrogens with zero attached hydrogens (tertiary/aromatic N) is 1. The number of fused-ring (bicyclic) bond motifs is 1. The lowest BCUT2D eigenvalue weighted by Gasteiger charge is -2.42. The minimum atomic E-state index is -0.997. The Morgan fingerprint density at radius 3 is 2.04 bits per heavy atom. The molecule has 0 atom stereocenters. The fourth-order valence-electron chi connectivity index (χ4n) is 4.55. The van der Waals surface area contributed by atoms with Crippen LogP contribution in [0.3, 0.4) is 0 Å². The van der Waals surface area contributed by atoms with Gasteiger partial charge in [-0.1, -0.05) is 33.8 Å². The highest BCUT2D eigenvalue weighted by atomic mass is 19.1. The van der Waals surface area contributed by atoms with E-state index in [0.717, 1.165) is 36.9 Å². The largest absolute Gasteiger partial charge is 0.478 e. The van der Waals surface area contributed by atoms with Crippen LogP contribution in [0.15, 0.2) is 30.5 Å². The summed E-state index contributed by atoms with van der Waals surface area (Å²) >= 11 is 0. The summed E-state index contributed by atoms with van der Waals surface area (Å²) in [5.41, 5.74) is 3.55. The van der Waals surface area contributed by atoms with Crippen LogP contribution in [-0.2, 0) is 16.2 Å². The zero-order chi connectivity index (χ0) is 19.6. The van der Waals surface area contributed by atoms with E-state index in [-0.39, 0.29) is 22.2 Å². The molecule has 3 nitrogen and oxygen atoms in total. The molecule has 2 aliphatic rings. The molecule has 1 saturated carbocycles. The fourth-order valence-corrected chi connectivity index (χ4v) is 4.55. The molecule has 27 heavy (non-hydrogen) atoms. The zero-order valence-electron chi connectivity index (χ0n) is 16.4. The summed E-state index contributed by atoms with van der Waals surface area (Å²) in [7, 11) is 0. The number of carboxylic acid groups (broad SMARTS) is 1. The first-order chi connectivity index (χ1) is 12.6. The molecule has 0 bridgehead atoms. The molecule has 0 radical (unpaired) electrons. The van der Waals surface area contributed by atoms with E-state index < -0.39 is 11.4 Å². The molecule has 0 saturated heterocycles. The minimum absolute atomic E-state index is 0.0178. The van der Waals surface area contributed by atoms with Crippen molar-refractivity contribution in [2.24, 2.45) is 0 Å². The van der Waals surface area contributed by atoms with Crippen LogP contribution in [0.5, 0.6) is 0 Å². The molecule has 1 N–H and O–H groups in total. The number of halogens is 1. The lowest BCUT2D eigenvalue weighted by molar-refractivity contribution is 0.0696. The van der Waals surface area contributed by atoms with Crippen LogP contribution in [0.4, 0.5) is 4.39 Å². The second kappa shape index (κ2) is 5.63. The number of rotatable bonds is 3. The van der Waals surface area contributed by atoms with Gasteiger partial charge in [-0.15, -0.1) is 0 Å². The van der Waals surface area contributed by atoms with Crippen molar-refractivity contribution in [1.82, 2.24) is 4.98 Å². The number of carboxylic acids is 1. The van der Waals surface area contributed by atoms with Gasteiger partial charge in [0.15, 0.2) is 0 Å². The third kappa shape index (κ3) is 2.77. The fraction of sp³-hybridized carbons (Fsp3) is 0.478. The van der Waals surface area contributed by atoms with Gasteiger partial charge in [0.1, 0.15) is 5.82 Å². The topological polar surface area (TPSA) is 50.2 Å². The Labute approximate surface area is 159 Å². The third-order valence-corrected chi connectivity index (χ3v) is 6.71. The van der Waals surface area contributed by atoms with E-state index in [1.807, 2.05) is 0 Å². The average molecular weight is 367 g/mol. The van der Waals surface area contributed by atoms with Gasteiger partial charge in [0.05, 0.1) is 11.3 Å². The number of aromatic carboxylic acids is 1. The number of benzene rings is 1. The van der Waals surface area contributed by atoms with Crippen molar-refractivity contribution in [1.29, 1.82) is 0 Å². The van der Waals surface area contributed by atoms with Crippen LogP contribution in [0.25, 0.3) is 0 Å². The lowest BCUT2D eigenvalue weighted by Crippen LogP contribution is -2.34. The van der Waals surface area contributed by atoms with Crippen molar-refractivity contribution in [3.63, 3.8) is 0 Å². The Morgan fingerprint density at radius 2 is 1.56 bits per heavy atom. The highest BCUT2D eigenvalue weighted by Crippen LogP contribution is 2.56. The molecule has 0 unspecified atom stereocenters. The number of hydrogen-bond acceptors (Lipinski definition) is 2. The Bertz CT molecular complexity index is 924. The molecule has 0 amide bonds. The van der Waals surface area contributed by atoms with Crippen molar-refractivity contribution < 1.29 is 14.3 Å². The second-order valence-electron chi connectivity index (χ2n) is 9.46. The van der Waals surface area contributed by atoms with Crippen LogP contribution < -0.4 is 0 Å². The van der Waals surface area contributed by atoms with E-state index in [1.165, 1.54) is 11.8 Å². The predicted molar refractivity (Wildman–Crippen MR) is 103 cm³/mol. The SMILES string of the molecule is CC1(C)CCC(C)(C)c2cc(C3(c4ccc(C(=O)O)cn4)CC3)c(F)cc21. The molecule has 1 fully saturated rings. The van der Waals surface area contributed by atoms with Gasteiger partial charge in [-0.05, 0) is 65.8 Å². The van der Waals surface area contributed by atoms with E-state index >= 15 is 4.39 Å². The average Bonchev–Trinajstić information content (AvgIpc) is 3.40. The zero-order valence-corrected chi connectivity index (χ0v) is 16.4. The maximum absolute atomic E-state index is 15.3. The monoisotopic (exact) mass is 367 g/mol. The standard InChI is InChI=1S/C23H26FNO2/c1-21(2)7-8-22(3,4)16-12-18(24)17(11-15(16)21)23(9-10-23)19-6-5-14(13-25-19)20(26)27/h5-6,11-13H,7-10H2,1-4H3,(H,26,27). The Hall–Kier alpha value is -2.23. The maximum atomic E-state index is 15.3. The number of hydrogen-bond donors (Lipinski definition) is 1. The van der Waals surface area contributed by atoms with Gasteiger partial charge in [0.2, 0.25) is 0 Å². The molecule has 1 heterocycles. The summed E-state index contributed by atoms with van der Waals surface area (Å²) < 4.78 is 15.3. The van der Waals surface area contributed by atoms with Crippen molar-refractivity contribution in [3.8, 4) is 0 Å². The van der Waals surface area contributed by atoms with E-state index in [0.29, 0.717) is 5.56 Å². The van der Waals surface area contributed by atoms with E-state index in [9.17, 15) is 4.79 Å². The maximum Gasteiger partial charge on any atom is 0.337 e. The van der Waals surface area contributed by atoms with Crippen LogP contribution in [0.1, 0.15) is 86.1 Å². The van der Waals surface area contributed by atoms with Crippen LogP contribution >= 0.6 is 0 Å². The van der Waals surface area contributed by atoms with Crippen LogP contribution in [0.2, 0.25) is 0 Å². The van der Waals surface area contributed by atoms with Crippen LogP contribution in [0, 0.1) is 5.82 Å². The molecule has 0 aliphatic heterocycles. The lowest BCUT2D eigenvalue weighted by atomic mass is 9.62. The van der Waals surface area contributed by atoms with Gasteiger partial charge in [0.25, 0.3) is 0 Å². The minimum Gasteiger partial charge on any atom is -0.478 e. The van der Waals surface area contributed by atoms with E-state index in [1.54, 1.807) is 18.2 Å². The Kier molecular flexibility index (Phi) is 3.79. The number of carbonyl (C=O) groups is 1. The summed E-state index contributed by atoms with van der Waals surface area (Å²) in [6, 6.07) is 7.13. The first-order valence-corrected chi connectivity index (χ1v) is 9.62. The van der Waals surface area contributed by atoms with Crippen molar-refractivity contribution in [3.05, 3.63) is 64.2 Å². The molecule has 2 aliphatic carbocycles. The molecular formula is C23H26FNO2. The molecular weight excluding hydrogens is 341 g/mol. The Balaban J connectivity index is 1.84. The highest BCUT2D eigenvalue weighted by molar-refractivity contribution is 5.87.